The van der Waals surface area contributed by atoms with Crippen molar-refractivity contribution in [3.05, 3.63) is 34.1 Å². The molecule has 0 fully saturated rings. The summed E-state index contributed by atoms with van der Waals surface area (Å²) in [7, 11) is 0. The van der Waals surface area contributed by atoms with Crippen LogP contribution in [0, 0.1) is 0 Å². The Bertz CT molecular complexity index is 479. The fourth-order valence-corrected chi connectivity index (χ4v) is 1.52. The summed E-state index contributed by atoms with van der Waals surface area (Å²) in [5.74, 6) is 1.50. The highest BCUT2D eigenvalue weighted by Gasteiger charge is 2.06. The molecule has 0 aliphatic rings. The molecule has 2 rings (SSSR count). The van der Waals surface area contributed by atoms with Crippen molar-refractivity contribution in [2.75, 3.05) is 0 Å². The first-order valence-electron chi connectivity index (χ1n) is 4.57. The van der Waals surface area contributed by atoms with E-state index in [0.717, 1.165) is 17.8 Å². The molecule has 0 aliphatic carbocycles. The Labute approximate surface area is 97.4 Å². The molecule has 1 N–H and O–H groups in total. The molecule has 0 bridgehead atoms. The first-order valence-corrected chi connectivity index (χ1v) is 5.33. The van der Waals surface area contributed by atoms with Gasteiger partial charge in [0.15, 0.2) is 5.82 Å². The van der Waals surface area contributed by atoms with E-state index in [2.05, 4.69) is 15.2 Å². The summed E-state index contributed by atoms with van der Waals surface area (Å²) < 4.78 is 0. The number of aromatic nitrogens is 3. The predicted molar refractivity (Wildman–Crippen MR) is 61.2 cm³/mol. The molecule has 0 atom stereocenters. The van der Waals surface area contributed by atoms with Crippen LogP contribution >= 0.6 is 23.2 Å². The highest BCUT2D eigenvalue weighted by atomic mass is 35.5. The molecule has 1 heterocycles. The van der Waals surface area contributed by atoms with Crippen LogP contribution in [-0.2, 0) is 6.42 Å². The van der Waals surface area contributed by atoms with Gasteiger partial charge in [-0.05, 0) is 18.2 Å². The summed E-state index contributed by atoms with van der Waals surface area (Å²) in [5.41, 5.74) is 0.861. The number of hydrogen-bond acceptors (Lipinski definition) is 2. The zero-order valence-corrected chi connectivity index (χ0v) is 9.60. The number of rotatable bonds is 2. The van der Waals surface area contributed by atoms with Gasteiger partial charge in [0.05, 0.1) is 10.0 Å². The molecular weight excluding hydrogens is 233 g/mol. The average molecular weight is 242 g/mol. The second-order valence-electron chi connectivity index (χ2n) is 3.09. The molecular formula is C10H9Cl2N3. The monoisotopic (exact) mass is 241 g/mol. The lowest BCUT2D eigenvalue weighted by atomic mass is 10.2. The molecule has 0 spiro atoms. The molecule has 3 nitrogen and oxygen atoms in total. The molecule has 15 heavy (non-hydrogen) atoms. The van der Waals surface area contributed by atoms with E-state index in [-0.39, 0.29) is 0 Å². The minimum Gasteiger partial charge on any atom is -0.263 e. The lowest BCUT2D eigenvalue weighted by molar-refractivity contribution is 0.946. The third-order valence-electron chi connectivity index (χ3n) is 2.04. The van der Waals surface area contributed by atoms with Gasteiger partial charge in [0.1, 0.15) is 5.82 Å². The van der Waals surface area contributed by atoms with Crippen LogP contribution in [0.5, 0.6) is 0 Å². The van der Waals surface area contributed by atoms with Gasteiger partial charge in [0.25, 0.3) is 0 Å². The van der Waals surface area contributed by atoms with E-state index in [1.54, 1.807) is 12.1 Å². The molecule has 0 radical (unpaired) electrons. The van der Waals surface area contributed by atoms with E-state index in [0.29, 0.717) is 15.9 Å². The van der Waals surface area contributed by atoms with E-state index in [4.69, 9.17) is 23.2 Å². The molecule has 78 valence electrons. The molecule has 1 aromatic carbocycles. The van der Waals surface area contributed by atoms with Crippen LogP contribution in [0.3, 0.4) is 0 Å². The van der Waals surface area contributed by atoms with Crippen LogP contribution in [0.4, 0.5) is 0 Å². The zero-order chi connectivity index (χ0) is 10.8. The summed E-state index contributed by atoms with van der Waals surface area (Å²) in [4.78, 5) is 4.30. The maximum Gasteiger partial charge on any atom is 0.181 e. The Hall–Kier alpha value is -1.06. The van der Waals surface area contributed by atoms with E-state index in [1.165, 1.54) is 0 Å². The van der Waals surface area contributed by atoms with Crippen molar-refractivity contribution >= 4 is 23.2 Å². The third-order valence-corrected chi connectivity index (χ3v) is 2.78. The zero-order valence-electron chi connectivity index (χ0n) is 8.09. The summed E-state index contributed by atoms with van der Waals surface area (Å²) >= 11 is 11.7. The predicted octanol–water partition coefficient (Wildman–Crippen LogP) is 3.34. The Kier molecular flexibility index (Phi) is 2.93. The normalized spacial score (nSPS) is 10.6. The van der Waals surface area contributed by atoms with Crippen molar-refractivity contribution in [3.63, 3.8) is 0 Å². The van der Waals surface area contributed by atoms with E-state index in [9.17, 15) is 0 Å². The van der Waals surface area contributed by atoms with Crippen LogP contribution in [0.2, 0.25) is 10.0 Å². The maximum atomic E-state index is 5.91. The van der Waals surface area contributed by atoms with Crippen LogP contribution in [0.15, 0.2) is 18.2 Å². The number of aryl methyl sites for hydroxylation is 1. The Morgan fingerprint density at radius 3 is 2.67 bits per heavy atom. The lowest BCUT2D eigenvalue weighted by Crippen LogP contribution is -1.82. The molecule has 5 heteroatoms. The number of nitrogens with zero attached hydrogens (tertiary/aromatic N) is 2. The summed E-state index contributed by atoms with van der Waals surface area (Å²) in [6.07, 6.45) is 0.828. The number of H-pyrrole nitrogens is 1. The van der Waals surface area contributed by atoms with Crippen LogP contribution < -0.4 is 0 Å². The minimum absolute atomic E-state index is 0.511. The van der Waals surface area contributed by atoms with Gasteiger partial charge in [-0.15, -0.1) is 0 Å². The molecule has 2 aromatic rings. The Balaban J connectivity index is 2.40. The topological polar surface area (TPSA) is 41.6 Å². The third kappa shape index (κ3) is 2.13. The van der Waals surface area contributed by atoms with Gasteiger partial charge >= 0.3 is 0 Å². The summed E-state index contributed by atoms with van der Waals surface area (Å²) in [5, 5.41) is 7.99. The highest BCUT2D eigenvalue weighted by molar-refractivity contribution is 6.42. The number of benzene rings is 1. The van der Waals surface area contributed by atoms with Gasteiger partial charge < -0.3 is 0 Å². The maximum absolute atomic E-state index is 5.91. The van der Waals surface area contributed by atoms with Crippen molar-refractivity contribution in [3.8, 4) is 11.4 Å². The summed E-state index contributed by atoms with van der Waals surface area (Å²) in [6, 6.07) is 5.34. The second-order valence-corrected chi connectivity index (χ2v) is 3.90. The second kappa shape index (κ2) is 4.21. The van der Waals surface area contributed by atoms with E-state index >= 15 is 0 Å². The Morgan fingerprint density at radius 2 is 2.07 bits per heavy atom. The van der Waals surface area contributed by atoms with Crippen molar-refractivity contribution in [2.45, 2.75) is 13.3 Å². The fraction of sp³-hybridized carbons (Fsp3) is 0.200. The molecule has 0 saturated carbocycles. The Morgan fingerprint density at radius 1 is 1.27 bits per heavy atom. The van der Waals surface area contributed by atoms with Crippen molar-refractivity contribution in [1.29, 1.82) is 0 Å². The molecule has 0 aliphatic heterocycles. The van der Waals surface area contributed by atoms with Crippen LogP contribution in [0.25, 0.3) is 11.4 Å². The van der Waals surface area contributed by atoms with Gasteiger partial charge in [0.2, 0.25) is 0 Å². The smallest absolute Gasteiger partial charge is 0.181 e. The first-order chi connectivity index (χ1) is 7.20. The highest BCUT2D eigenvalue weighted by Crippen LogP contribution is 2.26. The van der Waals surface area contributed by atoms with Gasteiger partial charge in [-0.3, -0.25) is 5.10 Å². The number of hydrogen-bond donors (Lipinski definition) is 1. The molecule has 0 saturated heterocycles. The largest absolute Gasteiger partial charge is 0.263 e. The number of halogens is 2. The number of nitrogens with one attached hydrogen (secondary N) is 1. The number of aromatic amines is 1. The van der Waals surface area contributed by atoms with Crippen LogP contribution in [0.1, 0.15) is 12.7 Å². The molecule has 0 unspecified atom stereocenters. The first kappa shape index (κ1) is 10.5. The van der Waals surface area contributed by atoms with Gasteiger partial charge in [-0.1, -0.05) is 30.1 Å². The lowest BCUT2D eigenvalue weighted by Gasteiger charge is -1.97. The van der Waals surface area contributed by atoms with Crippen molar-refractivity contribution in [1.82, 2.24) is 15.2 Å². The average Bonchev–Trinajstić information content (AvgIpc) is 2.70. The van der Waals surface area contributed by atoms with Crippen molar-refractivity contribution in [2.24, 2.45) is 0 Å². The SMILES string of the molecule is CCc1nc(-c2ccc(Cl)c(Cl)c2)n[nH]1. The fourth-order valence-electron chi connectivity index (χ4n) is 1.22. The van der Waals surface area contributed by atoms with Crippen LogP contribution in [-0.4, -0.2) is 15.2 Å². The minimum atomic E-state index is 0.511. The molecule has 0 amide bonds. The van der Waals surface area contributed by atoms with E-state index < -0.39 is 0 Å². The van der Waals surface area contributed by atoms with Crippen molar-refractivity contribution < 1.29 is 0 Å². The van der Waals surface area contributed by atoms with E-state index in [1.807, 2.05) is 13.0 Å². The van der Waals surface area contributed by atoms with Gasteiger partial charge in [0, 0.05) is 12.0 Å². The van der Waals surface area contributed by atoms with Gasteiger partial charge in [-0.25, -0.2) is 4.98 Å². The molecule has 1 aromatic heterocycles. The summed E-state index contributed by atoms with van der Waals surface area (Å²) in [6.45, 7) is 2.01. The van der Waals surface area contributed by atoms with Gasteiger partial charge in [-0.2, -0.15) is 5.10 Å². The standard InChI is InChI=1S/C10H9Cl2N3/c1-2-9-13-10(15-14-9)6-3-4-7(11)8(12)5-6/h3-5H,2H2,1H3,(H,13,14,15). The quantitative estimate of drug-likeness (QED) is 0.877.